The van der Waals surface area contributed by atoms with Gasteiger partial charge in [0.25, 0.3) is 11.8 Å². The molecule has 0 radical (unpaired) electrons. The van der Waals surface area contributed by atoms with Gasteiger partial charge in [-0.05, 0) is 70.6 Å². The van der Waals surface area contributed by atoms with Crippen LogP contribution in [-0.4, -0.2) is 44.3 Å². The fraction of sp³-hybridized carbons (Fsp3) is 0.211. The number of halogens is 1. The molecule has 3 N–H and O–H groups in total. The summed E-state index contributed by atoms with van der Waals surface area (Å²) in [6, 6.07) is 11.7. The molecule has 2 aromatic rings. The number of ether oxygens (including phenoxy) is 2. The summed E-state index contributed by atoms with van der Waals surface area (Å²) in [4.78, 5) is 24.2. The van der Waals surface area contributed by atoms with E-state index in [1.807, 2.05) is 0 Å². The summed E-state index contributed by atoms with van der Waals surface area (Å²) in [6.07, 6.45) is 0. The third kappa shape index (κ3) is 6.29. The van der Waals surface area contributed by atoms with E-state index in [1.54, 1.807) is 56.7 Å². The first-order valence-corrected chi connectivity index (χ1v) is 9.47. The van der Waals surface area contributed by atoms with E-state index in [0.29, 0.717) is 40.2 Å². The summed E-state index contributed by atoms with van der Waals surface area (Å²) in [6.45, 7) is 0.886. The summed E-state index contributed by atoms with van der Waals surface area (Å²) >= 11 is 8.52. The van der Waals surface area contributed by atoms with Crippen molar-refractivity contribution in [2.75, 3.05) is 32.7 Å². The van der Waals surface area contributed by atoms with E-state index in [0.717, 1.165) is 0 Å². The minimum Gasteiger partial charge on any atom is -0.496 e. The van der Waals surface area contributed by atoms with Crippen molar-refractivity contribution in [2.45, 2.75) is 0 Å². The molecule has 2 aromatic carbocycles. The van der Waals surface area contributed by atoms with Gasteiger partial charge in [0, 0.05) is 30.5 Å². The van der Waals surface area contributed by atoms with Gasteiger partial charge in [-0.2, -0.15) is 0 Å². The van der Waals surface area contributed by atoms with Crippen LogP contribution in [0.25, 0.3) is 0 Å². The second kappa shape index (κ2) is 10.7. The Morgan fingerprint density at radius 3 is 2.32 bits per heavy atom. The Hall–Kier alpha value is -2.49. The maximum atomic E-state index is 12.3. The number of thiocarbonyl (C=S) groups is 1. The second-order valence-electron chi connectivity index (χ2n) is 5.58. The van der Waals surface area contributed by atoms with Gasteiger partial charge in [-0.1, -0.05) is 0 Å². The Morgan fingerprint density at radius 2 is 1.71 bits per heavy atom. The molecule has 2 amide bonds. The van der Waals surface area contributed by atoms with Crippen molar-refractivity contribution < 1.29 is 19.1 Å². The molecule has 0 saturated heterocycles. The number of methoxy groups -OCH3 is 2. The molecule has 9 heteroatoms. The van der Waals surface area contributed by atoms with Crippen LogP contribution in [0.4, 0.5) is 5.69 Å². The van der Waals surface area contributed by atoms with E-state index in [1.165, 1.54) is 0 Å². The van der Waals surface area contributed by atoms with E-state index >= 15 is 0 Å². The fourth-order valence-electron chi connectivity index (χ4n) is 2.22. The summed E-state index contributed by atoms with van der Waals surface area (Å²) in [5, 5.41) is 8.40. The molecule has 0 aliphatic heterocycles. The molecule has 0 atom stereocenters. The number of hydrogen-bond acceptors (Lipinski definition) is 5. The molecule has 0 fully saturated rings. The normalized spacial score (nSPS) is 10.1. The average Bonchev–Trinajstić information content (AvgIpc) is 2.68. The van der Waals surface area contributed by atoms with E-state index in [4.69, 9.17) is 21.7 Å². The van der Waals surface area contributed by atoms with Crippen molar-refractivity contribution in [1.82, 2.24) is 10.6 Å². The van der Waals surface area contributed by atoms with Crippen LogP contribution in [0.3, 0.4) is 0 Å². The molecule has 0 saturated carbocycles. The number of carbonyl (C=O) groups is 2. The standard InChI is InChI=1S/C19H20BrN3O4S/c1-26-10-9-21-17(24)12-3-6-14(7-4-12)22-19(28)23-18(25)13-5-8-16(27-2)15(20)11-13/h3-8,11H,9-10H2,1-2H3,(H,21,24)(H2,22,23,25,28). The van der Waals surface area contributed by atoms with Gasteiger partial charge >= 0.3 is 0 Å². The van der Waals surface area contributed by atoms with Crippen molar-refractivity contribution in [3.05, 3.63) is 58.1 Å². The number of rotatable bonds is 7. The molecule has 0 aliphatic rings. The Bertz CT molecular complexity index is 859. The maximum Gasteiger partial charge on any atom is 0.257 e. The fourth-order valence-corrected chi connectivity index (χ4v) is 2.97. The van der Waals surface area contributed by atoms with Crippen LogP contribution in [-0.2, 0) is 4.74 Å². The van der Waals surface area contributed by atoms with E-state index in [-0.39, 0.29) is 16.9 Å². The minimum atomic E-state index is -0.352. The molecule has 0 aromatic heterocycles. The molecule has 0 spiro atoms. The van der Waals surface area contributed by atoms with Crippen molar-refractivity contribution in [1.29, 1.82) is 0 Å². The van der Waals surface area contributed by atoms with Crippen molar-refractivity contribution in [2.24, 2.45) is 0 Å². The van der Waals surface area contributed by atoms with Crippen LogP contribution in [0.15, 0.2) is 46.9 Å². The lowest BCUT2D eigenvalue weighted by atomic mass is 10.2. The molecule has 0 bridgehead atoms. The molecule has 2 rings (SSSR count). The van der Waals surface area contributed by atoms with Gasteiger partial charge in [0.05, 0.1) is 18.2 Å². The van der Waals surface area contributed by atoms with Gasteiger partial charge in [0.2, 0.25) is 0 Å². The first kappa shape index (κ1) is 21.8. The minimum absolute atomic E-state index is 0.147. The predicted octanol–water partition coefficient (Wildman–Crippen LogP) is 2.96. The number of hydrogen-bond donors (Lipinski definition) is 3. The molecule has 7 nitrogen and oxygen atoms in total. The average molecular weight is 466 g/mol. The van der Waals surface area contributed by atoms with Crippen LogP contribution < -0.4 is 20.7 Å². The van der Waals surface area contributed by atoms with Gasteiger partial charge in [-0.15, -0.1) is 0 Å². The van der Waals surface area contributed by atoms with Gasteiger partial charge in [-0.3, -0.25) is 14.9 Å². The van der Waals surface area contributed by atoms with E-state index < -0.39 is 0 Å². The highest BCUT2D eigenvalue weighted by molar-refractivity contribution is 9.10. The van der Waals surface area contributed by atoms with Crippen LogP contribution in [0.1, 0.15) is 20.7 Å². The second-order valence-corrected chi connectivity index (χ2v) is 6.85. The van der Waals surface area contributed by atoms with Crippen molar-refractivity contribution in [3.8, 4) is 5.75 Å². The third-order valence-electron chi connectivity index (χ3n) is 3.64. The van der Waals surface area contributed by atoms with Crippen molar-refractivity contribution in [3.63, 3.8) is 0 Å². The van der Waals surface area contributed by atoms with Crippen LogP contribution in [0, 0.1) is 0 Å². The van der Waals surface area contributed by atoms with Crippen molar-refractivity contribution >= 4 is 50.8 Å². The number of carbonyl (C=O) groups excluding carboxylic acids is 2. The lowest BCUT2D eigenvalue weighted by Gasteiger charge is -2.11. The van der Waals surface area contributed by atoms with Crippen LogP contribution in [0.2, 0.25) is 0 Å². The van der Waals surface area contributed by atoms with Crippen LogP contribution in [0.5, 0.6) is 5.75 Å². The predicted molar refractivity (Wildman–Crippen MR) is 115 cm³/mol. The Labute approximate surface area is 176 Å². The van der Waals surface area contributed by atoms with Crippen LogP contribution >= 0.6 is 28.1 Å². The highest BCUT2D eigenvalue weighted by Gasteiger charge is 2.11. The zero-order valence-electron chi connectivity index (χ0n) is 15.4. The highest BCUT2D eigenvalue weighted by atomic mass is 79.9. The van der Waals surface area contributed by atoms with Gasteiger partial charge in [-0.25, -0.2) is 0 Å². The largest absolute Gasteiger partial charge is 0.496 e. The van der Waals surface area contributed by atoms with Gasteiger partial charge in [0.1, 0.15) is 5.75 Å². The molecule has 148 valence electrons. The topological polar surface area (TPSA) is 88.7 Å². The highest BCUT2D eigenvalue weighted by Crippen LogP contribution is 2.25. The molecule has 0 heterocycles. The third-order valence-corrected chi connectivity index (χ3v) is 4.46. The number of anilines is 1. The molecule has 28 heavy (non-hydrogen) atoms. The number of amides is 2. The smallest absolute Gasteiger partial charge is 0.257 e. The molecular weight excluding hydrogens is 446 g/mol. The Kier molecular flexibility index (Phi) is 8.37. The quantitative estimate of drug-likeness (QED) is 0.430. The van der Waals surface area contributed by atoms with E-state index in [2.05, 4.69) is 31.9 Å². The lowest BCUT2D eigenvalue weighted by Crippen LogP contribution is -2.34. The van der Waals surface area contributed by atoms with Gasteiger partial charge < -0.3 is 20.1 Å². The summed E-state index contributed by atoms with van der Waals surface area (Å²) in [7, 11) is 3.12. The summed E-state index contributed by atoms with van der Waals surface area (Å²) in [5.41, 5.74) is 1.59. The first-order chi connectivity index (χ1) is 13.4. The van der Waals surface area contributed by atoms with E-state index in [9.17, 15) is 9.59 Å². The van der Waals surface area contributed by atoms with Gasteiger partial charge in [0.15, 0.2) is 5.11 Å². The maximum absolute atomic E-state index is 12.3. The summed E-state index contributed by atoms with van der Waals surface area (Å²) in [5.74, 6) is 0.0863. The zero-order valence-corrected chi connectivity index (χ0v) is 17.8. The molecule has 0 unspecified atom stereocenters. The number of nitrogens with one attached hydrogen (secondary N) is 3. The zero-order chi connectivity index (χ0) is 20.5. The Morgan fingerprint density at radius 1 is 1.04 bits per heavy atom. The lowest BCUT2D eigenvalue weighted by molar-refractivity contribution is 0.0935. The molecular formula is C19H20BrN3O4S. The monoisotopic (exact) mass is 465 g/mol. The SMILES string of the molecule is COCCNC(=O)c1ccc(NC(=S)NC(=O)c2ccc(OC)c(Br)c2)cc1. The Balaban J connectivity index is 1.91. The molecule has 0 aliphatic carbocycles. The summed E-state index contributed by atoms with van der Waals surface area (Å²) < 4.78 is 10.7. The number of benzene rings is 2. The first-order valence-electron chi connectivity index (χ1n) is 8.27.